The number of halogens is 1. The average molecular weight is 302 g/mol. The lowest BCUT2D eigenvalue weighted by Gasteiger charge is -2.08. The second-order valence-electron chi connectivity index (χ2n) is 4.09. The molecule has 1 N–H and O–H groups in total. The minimum absolute atomic E-state index is 0.680. The van der Waals surface area contributed by atoms with E-state index in [4.69, 9.17) is 4.42 Å². The Balaban J connectivity index is 1.86. The first-order valence-electron chi connectivity index (χ1n) is 5.79. The van der Waals surface area contributed by atoms with Crippen LogP contribution in [-0.4, -0.2) is 0 Å². The maximum atomic E-state index is 5.47. The predicted octanol–water partition coefficient (Wildman–Crippen LogP) is 4.81. The lowest BCUT2D eigenvalue weighted by molar-refractivity contribution is 0.495. The third kappa shape index (κ3) is 2.27. The molecule has 0 aliphatic rings. The number of fused-ring (bicyclic) bond motifs is 1. The van der Waals surface area contributed by atoms with Gasteiger partial charge in [0.05, 0.1) is 6.54 Å². The standard InChI is InChI=1S/C15H12BrNO/c16-15-9-8-12(18-15)10-17-14-7-3-5-11-4-1-2-6-13(11)14/h1-9,17H,10H2. The molecular weight excluding hydrogens is 290 g/mol. The van der Waals surface area contributed by atoms with E-state index in [1.807, 2.05) is 12.1 Å². The van der Waals surface area contributed by atoms with Crippen molar-refractivity contribution in [3.05, 3.63) is 65.0 Å². The van der Waals surface area contributed by atoms with Gasteiger partial charge in [-0.05, 0) is 39.5 Å². The molecule has 0 saturated carbocycles. The van der Waals surface area contributed by atoms with Crippen LogP contribution in [0.15, 0.2) is 63.7 Å². The summed E-state index contributed by atoms with van der Waals surface area (Å²) in [5, 5.41) is 5.87. The maximum absolute atomic E-state index is 5.47. The number of rotatable bonds is 3. The maximum Gasteiger partial charge on any atom is 0.169 e. The van der Waals surface area contributed by atoms with Crippen LogP contribution in [0.25, 0.3) is 10.8 Å². The molecular formula is C15H12BrNO. The fourth-order valence-corrected chi connectivity index (χ4v) is 2.35. The first-order chi connectivity index (χ1) is 8.83. The zero-order valence-corrected chi connectivity index (χ0v) is 11.3. The quantitative estimate of drug-likeness (QED) is 0.751. The van der Waals surface area contributed by atoms with Crippen LogP contribution < -0.4 is 5.32 Å². The van der Waals surface area contributed by atoms with Gasteiger partial charge in [0.1, 0.15) is 5.76 Å². The summed E-state index contributed by atoms with van der Waals surface area (Å²) in [5.41, 5.74) is 1.13. The first-order valence-corrected chi connectivity index (χ1v) is 6.58. The topological polar surface area (TPSA) is 25.2 Å². The van der Waals surface area contributed by atoms with Crippen LogP contribution in [0, 0.1) is 0 Å². The van der Waals surface area contributed by atoms with Gasteiger partial charge in [-0.15, -0.1) is 0 Å². The molecule has 3 rings (SSSR count). The van der Waals surface area contributed by atoms with Crippen molar-refractivity contribution in [2.75, 3.05) is 5.32 Å². The third-order valence-electron chi connectivity index (χ3n) is 2.87. The zero-order valence-electron chi connectivity index (χ0n) is 9.69. The second kappa shape index (κ2) is 4.86. The minimum Gasteiger partial charge on any atom is -0.452 e. The van der Waals surface area contributed by atoms with E-state index >= 15 is 0 Å². The molecule has 3 aromatic rings. The van der Waals surface area contributed by atoms with Crippen molar-refractivity contribution in [3.8, 4) is 0 Å². The molecule has 3 heteroatoms. The number of nitrogens with one attached hydrogen (secondary N) is 1. The average Bonchev–Trinajstić information content (AvgIpc) is 2.82. The second-order valence-corrected chi connectivity index (χ2v) is 4.87. The summed E-state index contributed by atoms with van der Waals surface area (Å²) in [6, 6.07) is 18.5. The van der Waals surface area contributed by atoms with Gasteiger partial charge >= 0.3 is 0 Å². The molecule has 1 aromatic heterocycles. The zero-order chi connectivity index (χ0) is 12.4. The van der Waals surface area contributed by atoms with Gasteiger partial charge in [-0.3, -0.25) is 0 Å². The molecule has 90 valence electrons. The van der Waals surface area contributed by atoms with Gasteiger partial charge in [-0.25, -0.2) is 0 Å². The summed E-state index contributed by atoms with van der Waals surface area (Å²) in [4.78, 5) is 0. The summed E-state index contributed by atoms with van der Waals surface area (Å²) >= 11 is 3.30. The number of hydrogen-bond acceptors (Lipinski definition) is 2. The Labute approximate surface area is 114 Å². The Hall–Kier alpha value is -1.74. The molecule has 0 amide bonds. The van der Waals surface area contributed by atoms with E-state index in [1.54, 1.807) is 0 Å². The molecule has 2 aromatic carbocycles. The van der Waals surface area contributed by atoms with Crippen molar-refractivity contribution in [3.63, 3.8) is 0 Å². The number of furan rings is 1. The van der Waals surface area contributed by atoms with Gasteiger partial charge in [-0.2, -0.15) is 0 Å². The van der Waals surface area contributed by atoms with E-state index in [1.165, 1.54) is 10.8 Å². The van der Waals surface area contributed by atoms with Crippen LogP contribution in [-0.2, 0) is 6.54 Å². The molecule has 0 unspecified atom stereocenters. The van der Waals surface area contributed by atoms with Crippen molar-refractivity contribution >= 4 is 32.4 Å². The SMILES string of the molecule is Brc1ccc(CNc2cccc3ccccc23)o1. The monoisotopic (exact) mass is 301 g/mol. The predicted molar refractivity (Wildman–Crippen MR) is 77.7 cm³/mol. The Morgan fingerprint density at radius 3 is 2.61 bits per heavy atom. The summed E-state index contributed by atoms with van der Waals surface area (Å²) in [7, 11) is 0. The Morgan fingerprint density at radius 1 is 0.944 bits per heavy atom. The molecule has 0 radical (unpaired) electrons. The van der Waals surface area contributed by atoms with Gasteiger partial charge in [0.15, 0.2) is 4.67 Å². The van der Waals surface area contributed by atoms with Crippen LogP contribution in [0.4, 0.5) is 5.69 Å². The lowest BCUT2D eigenvalue weighted by atomic mass is 10.1. The molecule has 0 aliphatic carbocycles. The molecule has 18 heavy (non-hydrogen) atoms. The largest absolute Gasteiger partial charge is 0.452 e. The first kappa shape index (κ1) is 11.4. The fraction of sp³-hybridized carbons (Fsp3) is 0.0667. The smallest absolute Gasteiger partial charge is 0.169 e. The Morgan fingerprint density at radius 2 is 1.78 bits per heavy atom. The minimum atomic E-state index is 0.680. The van der Waals surface area contributed by atoms with E-state index in [2.05, 4.69) is 63.7 Å². The Bertz CT molecular complexity index is 670. The van der Waals surface area contributed by atoms with E-state index in [-0.39, 0.29) is 0 Å². The van der Waals surface area contributed by atoms with E-state index in [9.17, 15) is 0 Å². The number of benzene rings is 2. The van der Waals surface area contributed by atoms with E-state index in [0.29, 0.717) is 6.54 Å². The highest BCUT2D eigenvalue weighted by atomic mass is 79.9. The highest BCUT2D eigenvalue weighted by Crippen LogP contribution is 2.24. The Kier molecular flexibility index (Phi) is 3.07. The van der Waals surface area contributed by atoms with Gasteiger partial charge in [0.2, 0.25) is 0 Å². The molecule has 0 saturated heterocycles. The summed E-state index contributed by atoms with van der Waals surface area (Å²) < 4.78 is 6.23. The van der Waals surface area contributed by atoms with Crippen LogP contribution in [0.2, 0.25) is 0 Å². The van der Waals surface area contributed by atoms with Crippen LogP contribution in [0.5, 0.6) is 0 Å². The normalized spacial score (nSPS) is 10.7. The lowest BCUT2D eigenvalue weighted by Crippen LogP contribution is -1.98. The molecule has 0 fully saturated rings. The van der Waals surface area contributed by atoms with Crippen molar-refractivity contribution < 1.29 is 4.42 Å². The summed E-state index contributed by atoms with van der Waals surface area (Å²) in [6.07, 6.45) is 0. The molecule has 0 atom stereocenters. The van der Waals surface area contributed by atoms with Crippen molar-refractivity contribution in [1.82, 2.24) is 0 Å². The summed E-state index contributed by atoms with van der Waals surface area (Å²) in [5.74, 6) is 0.912. The van der Waals surface area contributed by atoms with Crippen LogP contribution in [0.3, 0.4) is 0 Å². The highest BCUT2D eigenvalue weighted by Gasteiger charge is 2.02. The van der Waals surface area contributed by atoms with Crippen molar-refractivity contribution in [1.29, 1.82) is 0 Å². The number of anilines is 1. The molecule has 0 aliphatic heterocycles. The van der Waals surface area contributed by atoms with Crippen LogP contribution in [0.1, 0.15) is 5.76 Å². The number of hydrogen-bond donors (Lipinski definition) is 1. The van der Waals surface area contributed by atoms with E-state index < -0.39 is 0 Å². The fourth-order valence-electron chi connectivity index (χ4n) is 2.01. The van der Waals surface area contributed by atoms with Gasteiger partial charge in [0, 0.05) is 11.1 Å². The van der Waals surface area contributed by atoms with Gasteiger partial charge < -0.3 is 9.73 Å². The van der Waals surface area contributed by atoms with Crippen molar-refractivity contribution in [2.24, 2.45) is 0 Å². The molecule has 0 bridgehead atoms. The molecule has 0 spiro atoms. The summed E-state index contributed by atoms with van der Waals surface area (Å²) in [6.45, 7) is 0.680. The van der Waals surface area contributed by atoms with Crippen molar-refractivity contribution in [2.45, 2.75) is 6.54 Å². The third-order valence-corrected chi connectivity index (χ3v) is 3.30. The van der Waals surface area contributed by atoms with Gasteiger partial charge in [-0.1, -0.05) is 36.4 Å². The van der Waals surface area contributed by atoms with E-state index in [0.717, 1.165) is 16.1 Å². The van der Waals surface area contributed by atoms with Crippen LogP contribution >= 0.6 is 15.9 Å². The molecule has 1 heterocycles. The van der Waals surface area contributed by atoms with Gasteiger partial charge in [0.25, 0.3) is 0 Å². The molecule has 2 nitrogen and oxygen atoms in total. The highest BCUT2D eigenvalue weighted by molar-refractivity contribution is 9.10.